The second-order valence-electron chi connectivity index (χ2n) is 4.00. The normalized spacial score (nSPS) is 11.9. The molecule has 0 aliphatic heterocycles. The quantitative estimate of drug-likeness (QED) is 0.536. The number of hydrogen-bond acceptors (Lipinski definition) is 0. The Hall–Kier alpha value is -0.570. The maximum atomic E-state index is 2.49. The molecule has 0 bridgehead atoms. The molecule has 0 nitrogen and oxygen atoms in total. The number of halogens is 1. The topological polar surface area (TPSA) is 0 Å². The number of benzene rings is 2. The molecule has 0 spiro atoms. The third kappa shape index (κ3) is 1.78. The molecule has 0 radical (unpaired) electrons. The second kappa shape index (κ2) is 3.54. The van der Waals surface area contributed by atoms with Gasteiger partial charge in [0.2, 0.25) is 0 Å². The lowest BCUT2D eigenvalue weighted by atomic mass is 9.96. The summed E-state index contributed by atoms with van der Waals surface area (Å²) >= 11 is 2.49. The number of rotatable bonds is 1. The monoisotopic (exact) mass is 296 g/mol. The molecule has 72 valence electrons. The van der Waals surface area contributed by atoms with Gasteiger partial charge in [-0.25, -0.2) is 0 Å². The summed E-state index contributed by atoms with van der Waals surface area (Å²) in [5, 5.41) is 2.70. The summed E-state index contributed by atoms with van der Waals surface area (Å²) in [7, 11) is 0. The molecule has 0 amide bonds. The predicted octanol–water partition coefficient (Wildman–Crippen LogP) is 4.51. The van der Waals surface area contributed by atoms with E-state index in [4.69, 9.17) is 0 Å². The van der Waals surface area contributed by atoms with E-state index in [0.29, 0.717) is 0 Å². The molecule has 0 aliphatic rings. The first kappa shape index (κ1) is 9.97. The highest BCUT2D eigenvalue weighted by Crippen LogP contribution is 2.35. The van der Waals surface area contributed by atoms with Crippen molar-refractivity contribution in [3.8, 4) is 0 Å². The van der Waals surface area contributed by atoms with Crippen molar-refractivity contribution in [1.82, 2.24) is 0 Å². The molecule has 0 N–H and O–H groups in total. The second-order valence-corrected chi connectivity index (χ2v) is 6.70. The Bertz CT molecular complexity index is 447. The van der Waals surface area contributed by atoms with E-state index >= 15 is 0 Å². The minimum atomic E-state index is 0.193. The Labute approximate surface area is 98.5 Å². The lowest BCUT2D eigenvalue weighted by Gasteiger charge is -2.19. The van der Waals surface area contributed by atoms with E-state index in [9.17, 15) is 0 Å². The van der Waals surface area contributed by atoms with Crippen LogP contribution in [0.15, 0.2) is 42.5 Å². The van der Waals surface area contributed by atoms with Gasteiger partial charge in [0, 0.05) is 3.42 Å². The molecule has 0 aliphatic carbocycles. The van der Waals surface area contributed by atoms with Gasteiger partial charge in [-0.05, 0) is 30.2 Å². The molecule has 0 saturated carbocycles. The fourth-order valence-corrected chi connectivity index (χ4v) is 2.21. The molecule has 0 saturated heterocycles. The highest BCUT2D eigenvalue weighted by molar-refractivity contribution is 14.1. The molecule has 2 rings (SSSR count). The van der Waals surface area contributed by atoms with Crippen LogP contribution in [0.2, 0.25) is 0 Å². The first-order chi connectivity index (χ1) is 6.59. The van der Waals surface area contributed by atoms with Crippen molar-refractivity contribution in [3.05, 3.63) is 48.0 Å². The van der Waals surface area contributed by atoms with Gasteiger partial charge in [-0.1, -0.05) is 65.1 Å². The average molecular weight is 296 g/mol. The Morgan fingerprint density at radius 1 is 0.929 bits per heavy atom. The molecule has 2 aromatic carbocycles. The maximum Gasteiger partial charge on any atom is 0.0420 e. The SMILES string of the molecule is CC(C)(I)c1cccc2ccccc12. The van der Waals surface area contributed by atoms with Crippen LogP contribution in [0.25, 0.3) is 10.8 Å². The highest BCUT2D eigenvalue weighted by atomic mass is 127. The van der Waals surface area contributed by atoms with Crippen molar-refractivity contribution in [2.45, 2.75) is 17.3 Å². The van der Waals surface area contributed by atoms with Gasteiger partial charge in [-0.3, -0.25) is 0 Å². The molecule has 0 atom stereocenters. The zero-order valence-electron chi connectivity index (χ0n) is 8.42. The summed E-state index contributed by atoms with van der Waals surface area (Å²) in [6, 6.07) is 15.1. The van der Waals surface area contributed by atoms with Crippen LogP contribution in [0.1, 0.15) is 19.4 Å². The molecule has 1 heteroatoms. The molecular weight excluding hydrogens is 283 g/mol. The molecule has 0 aromatic heterocycles. The first-order valence-corrected chi connectivity index (χ1v) is 5.84. The van der Waals surface area contributed by atoms with Gasteiger partial charge in [-0.2, -0.15) is 0 Å². The van der Waals surface area contributed by atoms with Crippen LogP contribution in [0, 0.1) is 0 Å². The Balaban J connectivity index is 2.78. The van der Waals surface area contributed by atoms with Crippen LogP contribution in [0.5, 0.6) is 0 Å². The van der Waals surface area contributed by atoms with E-state index in [1.807, 2.05) is 0 Å². The van der Waals surface area contributed by atoms with Crippen molar-refractivity contribution in [2.24, 2.45) is 0 Å². The fourth-order valence-electron chi connectivity index (χ4n) is 1.74. The van der Waals surface area contributed by atoms with Gasteiger partial charge in [0.15, 0.2) is 0 Å². The van der Waals surface area contributed by atoms with Gasteiger partial charge in [0.1, 0.15) is 0 Å². The van der Waals surface area contributed by atoms with E-state index in [1.54, 1.807) is 0 Å². The standard InChI is InChI=1S/C13H13I/c1-13(2,14)12-9-5-7-10-6-3-4-8-11(10)12/h3-9H,1-2H3. The third-order valence-electron chi connectivity index (χ3n) is 2.43. The van der Waals surface area contributed by atoms with Crippen molar-refractivity contribution < 1.29 is 0 Å². The Morgan fingerprint density at radius 3 is 2.29 bits per heavy atom. The summed E-state index contributed by atoms with van der Waals surface area (Å²) in [4.78, 5) is 0. The predicted molar refractivity (Wildman–Crippen MR) is 71.0 cm³/mol. The van der Waals surface area contributed by atoms with E-state index in [1.165, 1.54) is 16.3 Å². The van der Waals surface area contributed by atoms with Crippen LogP contribution in [0.4, 0.5) is 0 Å². The lowest BCUT2D eigenvalue weighted by Crippen LogP contribution is -2.06. The maximum absolute atomic E-state index is 2.49. The number of fused-ring (bicyclic) bond motifs is 1. The van der Waals surface area contributed by atoms with Gasteiger partial charge < -0.3 is 0 Å². The largest absolute Gasteiger partial charge is 0.0742 e. The third-order valence-corrected chi connectivity index (χ3v) is 3.01. The molecule has 14 heavy (non-hydrogen) atoms. The van der Waals surface area contributed by atoms with Gasteiger partial charge in [0.05, 0.1) is 0 Å². The van der Waals surface area contributed by atoms with Gasteiger partial charge >= 0.3 is 0 Å². The Morgan fingerprint density at radius 2 is 1.57 bits per heavy atom. The van der Waals surface area contributed by atoms with E-state index < -0.39 is 0 Å². The van der Waals surface area contributed by atoms with Crippen LogP contribution in [0.3, 0.4) is 0 Å². The average Bonchev–Trinajstić information content (AvgIpc) is 2.15. The summed E-state index contributed by atoms with van der Waals surface area (Å²) < 4.78 is 0.193. The van der Waals surface area contributed by atoms with Crippen LogP contribution in [-0.4, -0.2) is 0 Å². The summed E-state index contributed by atoms with van der Waals surface area (Å²) in [6.45, 7) is 4.49. The molecular formula is C13H13I. The van der Waals surface area contributed by atoms with Crippen LogP contribution < -0.4 is 0 Å². The summed E-state index contributed by atoms with van der Waals surface area (Å²) in [5.41, 5.74) is 1.41. The van der Waals surface area contributed by atoms with Crippen molar-refractivity contribution >= 4 is 33.4 Å². The van der Waals surface area contributed by atoms with Crippen LogP contribution >= 0.6 is 22.6 Å². The molecule has 0 heterocycles. The molecule has 0 fully saturated rings. The van der Waals surface area contributed by atoms with Crippen molar-refractivity contribution in [1.29, 1.82) is 0 Å². The zero-order valence-corrected chi connectivity index (χ0v) is 10.6. The molecule has 0 unspecified atom stereocenters. The summed E-state index contributed by atoms with van der Waals surface area (Å²) in [6.07, 6.45) is 0. The Kier molecular flexibility index (Phi) is 2.52. The first-order valence-electron chi connectivity index (χ1n) is 4.76. The van der Waals surface area contributed by atoms with E-state index in [0.717, 1.165) is 0 Å². The minimum absolute atomic E-state index is 0.193. The van der Waals surface area contributed by atoms with Crippen molar-refractivity contribution in [3.63, 3.8) is 0 Å². The van der Waals surface area contributed by atoms with Crippen LogP contribution in [-0.2, 0) is 3.42 Å². The van der Waals surface area contributed by atoms with Gasteiger partial charge in [-0.15, -0.1) is 0 Å². The van der Waals surface area contributed by atoms with Crippen molar-refractivity contribution in [2.75, 3.05) is 0 Å². The highest BCUT2D eigenvalue weighted by Gasteiger charge is 2.17. The number of hydrogen-bond donors (Lipinski definition) is 0. The summed E-state index contributed by atoms with van der Waals surface area (Å²) in [5.74, 6) is 0. The van der Waals surface area contributed by atoms with E-state index in [2.05, 4.69) is 78.9 Å². The van der Waals surface area contributed by atoms with Gasteiger partial charge in [0.25, 0.3) is 0 Å². The smallest absolute Gasteiger partial charge is 0.0420 e. The zero-order chi connectivity index (χ0) is 10.2. The minimum Gasteiger partial charge on any atom is -0.0742 e. The van der Waals surface area contributed by atoms with E-state index in [-0.39, 0.29) is 3.42 Å². The lowest BCUT2D eigenvalue weighted by molar-refractivity contribution is 0.836. The number of alkyl halides is 1. The molecule has 2 aromatic rings. The fraction of sp³-hybridized carbons (Fsp3) is 0.231.